The number of hydrogen-bond donors (Lipinski definition) is 10. The fourth-order valence-electron chi connectivity index (χ4n) is 5.73. The van der Waals surface area contributed by atoms with Crippen LogP contribution in [0.3, 0.4) is 0 Å². The summed E-state index contributed by atoms with van der Waals surface area (Å²) in [7, 11) is -11.5. The Balaban J connectivity index is 1.05. The SMILES string of the molecule is CCSc1nc(N)c2ncn([C@@H]3O[C@H](COP(O)(=S)OP(=O)(O)C(Cl)P(=O)(O)OP(O)(=S)OC[C@H]4O[C@@H](n5cnc6c(N)nc(SCC)nc65)[C@H](O)[C@@H]4O)[C@@H](O)[C@H]3O)c2n1. The number of imidazole rings is 2. The number of nitrogens with two attached hydrogens (primary N) is 2. The normalized spacial score (nSPS) is 29.3. The standard InChI is InChI=1S/C25H37ClN10O16P4S4/c1-3-59-24-31-17(27)11-19(33-24)35(7-29-11)21-15(39)13(37)9(49-21)5-47-55(45,57)51-53(41,42)23(26)54(43,44)52-56(46,58)48-6-10-14(38)16(40)22(50-10)36-8-30-12-18(28)32-25(60-4-2)34-20(12)36/h7-10,13-16,21-23,37-40H,3-6H2,1-2H3,(H,41,42)(H,43,44)(H,45,57)(H,46,58)(H2,27,31,33)(H2,28,32,34)/t9-,10-,13-,14-,15-,16-,21-,22-,23?,55?,56?/m1/s1. The van der Waals surface area contributed by atoms with Gasteiger partial charge >= 0.3 is 28.6 Å². The zero-order valence-corrected chi connectivity index (χ0v) is 38.2. The number of nitrogens with zero attached hydrogens (tertiary/aromatic N) is 8. The number of halogens is 1. The Bertz CT molecular complexity index is 2270. The minimum atomic E-state index is -5.74. The molecule has 0 aliphatic carbocycles. The Labute approximate surface area is 361 Å². The molecule has 2 fully saturated rings. The maximum atomic E-state index is 13.1. The zero-order chi connectivity index (χ0) is 44.1. The van der Waals surface area contributed by atoms with Gasteiger partial charge in [-0.05, 0) is 35.1 Å². The van der Waals surface area contributed by atoms with E-state index in [-0.39, 0.29) is 34.0 Å². The molecule has 0 spiro atoms. The molecule has 0 saturated carbocycles. The molecule has 0 amide bonds. The summed E-state index contributed by atoms with van der Waals surface area (Å²) in [5.41, 5.74) is 12.7. The molecule has 2 aliphatic rings. The van der Waals surface area contributed by atoms with Crippen molar-refractivity contribution in [3.05, 3.63) is 12.7 Å². The smallest absolute Gasteiger partial charge is 0.365 e. The summed E-state index contributed by atoms with van der Waals surface area (Å²) >= 11 is 18.0. The predicted octanol–water partition coefficient (Wildman–Crippen LogP) is 0.686. The molecule has 26 nitrogen and oxygen atoms in total. The molecule has 12 N–H and O–H groups in total. The van der Waals surface area contributed by atoms with E-state index in [9.17, 15) is 49.1 Å². The molecular weight excluding hydrogens is 984 g/mol. The Morgan fingerprint density at radius 1 is 0.733 bits per heavy atom. The number of aliphatic hydroxyl groups is 4. The molecule has 334 valence electrons. The van der Waals surface area contributed by atoms with Crippen LogP contribution in [-0.4, -0.2) is 145 Å². The van der Waals surface area contributed by atoms with E-state index < -0.39 is 95.8 Å². The predicted molar refractivity (Wildman–Crippen MR) is 220 cm³/mol. The summed E-state index contributed by atoms with van der Waals surface area (Å²) in [6, 6.07) is 0. The lowest BCUT2D eigenvalue weighted by Crippen LogP contribution is -2.33. The van der Waals surface area contributed by atoms with Crippen LogP contribution in [0.1, 0.15) is 26.3 Å². The lowest BCUT2D eigenvalue weighted by molar-refractivity contribution is -0.0486. The lowest BCUT2D eigenvalue weighted by atomic mass is 10.1. The Morgan fingerprint density at radius 3 is 1.45 bits per heavy atom. The van der Waals surface area contributed by atoms with Gasteiger partial charge in [0.25, 0.3) is 0 Å². The number of rotatable bonds is 18. The average Bonchev–Trinajstić information content (AvgIpc) is 3.91. The molecule has 2 saturated heterocycles. The minimum Gasteiger partial charge on any atom is -0.387 e. The molecule has 0 bridgehead atoms. The van der Waals surface area contributed by atoms with Crippen LogP contribution in [0.15, 0.2) is 23.0 Å². The number of fused-ring (bicyclic) bond motifs is 2. The highest BCUT2D eigenvalue weighted by Crippen LogP contribution is 2.76. The van der Waals surface area contributed by atoms with Crippen molar-refractivity contribution >= 4 is 121 Å². The quantitative estimate of drug-likeness (QED) is 0.0284. The van der Waals surface area contributed by atoms with Gasteiger partial charge in [0.05, 0.1) is 25.9 Å². The van der Waals surface area contributed by atoms with E-state index in [4.69, 9.17) is 65.2 Å². The van der Waals surface area contributed by atoms with Crippen molar-refractivity contribution in [2.75, 3.05) is 36.2 Å². The van der Waals surface area contributed by atoms with Crippen LogP contribution in [0.2, 0.25) is 0 Å². The third-order valence-electron chi connectivity index (χ3n) is 8.41. The number of aliphatic hydroxyl groups excluding tert-OH is 4. The number of thioether (sulfide) groups is 2. The van der Waals surface area contributed by atoms with Crippen LogP contribution in [-0.2, 0) is 59.9 Å². The molecule has 35 heteroatoms. The van der Waals surface area contributed by atoms with Gasteiger partial charge in [-0.3, -0.25) is 18.3 Å². The van der Waals surface area contributed by atoms with Gasteiger partial charge in [-0.1, -0.05) is 49.0 Å². The fraction of sp³-hybridized carbons (Fsp3) is 0.600. The number of anilines is 2. The second-order valence-corrected chi connectivity index (χ2v) is 26.2. The molecule has 0 aromatic carbocycles. The van der Waals surface area contributed by atoms with Crippen molar-refractivity contribution in [2.45, 2.75) is 78.1 Å². The summed E-state index contributed by atoms with van der Waals surface area (Å²) < 4.78 is 59.5. The first-order chi connectivity index (χ1) is 28.0. The molecule has 4 aromatic heterocycles. The maximum absolute atomic E-state index is 13.1. The fourth-order valence-corrected chi connectivity index (χ4v) is 15.9. The van der Waals surface area contributed by atoms with Crippen molar-refractivity contribution < 1.29 is 76.3 Å². The van der Waals surface area contributed by atoms with Gasteiger partial charge in [0.2, 0.25) is 4.86 Å². The highest BCUT2D eigenvalue weighted by Gasteiger charge is 2.53. The van der Waals surface area contributed by atoms with Crippen LogP contribution in [0.25, 0.3) is 22.3 Å². The van der Waals surface area contributed by atoms with E-state index in [0.717, 1.165) is 0 Å². The monoisotopic (exact) mass is 1020 g/mol. The van der Waals surface area contributed by atoms with Crippen molar-refractivity contribution in [1.29, 1.82) is 0 Å². The summed E-state index contributed by atoms with van der Waals surface area (Å²) in [6.45, 7) is -7.80. The average molecular weight is 1020 g/mol. The van der Waals surface area contributed by atoms with Crippen molar-refractivity contribution in [1.82, 2.24) is 39.0 Å². The third kappa shape index (κ3) is 10.4. The molecular formula is C25H37ClN10O16P4S4. The van der Waals surface area contributed by atoms with Gasteiger partial charge in [-0.2, -0.15) is 0 Å². The molecule has 2 aliphatic heterocycles. The van der Waals surface area contributed by atoms with E-state index in [0.29, 0.717) is 21.8 Å². The first-order valence-corrected chi connectivity index (χ1v) is 27.8. The number of alkyl halides is 1. The second kappa shape index (κ2) is 18.8. The van der Waals surface area contributed by atoms with Crippen molar-refractivity contribution in [2.24, 2.45) is 0 Å². The Morgan fingerprint density at radius 2 is 1.10 bits per heavy atom. The van der Waals surface area contributed by atoms with Crippen molar-refractivity contribution in [3.8, 4) is 0 Å². The van der Waals surface area contributed by atoms with Gasteiger partial charge in [0.15, 0.2) is 45.7 Å². The first-order valence-electron chi connectivity index (χ1n) is 16.9. The highest BCUT2D eigenvalue weighted by atomic mass is 35.5. The first kappa shape index (κ1) is 48.3. The summed E-state index contributed by atoms with van der Waals surface area (Å²) in [4.78, 5) is 64.6. The van der Waals surface area contributed by atoms with E-state index in [1.807, 2.05) is 13.8 Å². The topological polar surface area (TPSA) is 391 Å². The number of ether oxygens (including phenoxy) is 2. The largest absolute Gasteiger partial charge is 0.387 e. The molecule has 60 heavy (non-hydrogen) atoms. The molecule has 4 unspecified atom stereocenters. The molecule has 12 atom stereocenters. The van der Waals surface area contributed by atoms with Gasteiger partial charge in [0.1, 0.15) is 47.7 Å². The van der Waals surface area contributed by atoms with Gasteiger partial charge in [-0.25, -0.2) is 38.5 Å². The number of aromatic nitrogens is 8. The van der Waals surface area contributed by atoms with Crippen LogP contribution in [0.5, 0.6) is 0 Å². The van der Waals surface area contributed by atoms with Crippen LogP contribution < -0.4 is 11.5 Å². The number of nitrogen functional groups attached to an aromatic ring is 2. The lowest BCUT2D eigenvalue weighted by Gasteiger charge is -2.27. The zero-order valence-electron chi connectivity index (χ0n) is 30.6. The van der Waals surface area contributed by atoms with E-state index in [1.54, 1.807) is 0 Å². The Hall–Kier alpha value is -1.11. The highest BCUT2D eigenvalue weighted by molar-refractivity contribution is 8.09. The van der Waals surface area contributed by atoms with E-state index >= 15 is 0 Å². The summed E-state index contributed by atoms with van der Waals surface area (Å²) in [6.07, 6.45) is -9.78. The van der Waals surface area contributed by atoms with Gasteiger partial charge < -0.3 is 70.0 Å². The Kier molecular flexibility index (Phi) is 15.1. The van der Waals surface area contributed by atoms with Gasteiger partial charge in [0, 0.05) is 0 Å². The molecule has 4 aromatic rings. The molecule has 0 radical (unpaired) electrons. The maximum Gasteiger partial charge on any atom is 0.365 e. The van der Waals surface area contributed by atoms with Crippen molar-refractivity contribution in [3.63, 3.8) is 0 Å². The van der Waals surface area contributed by atoms with E-state index in [2.05, 4.69) is 38.5 Å². The number of hydrogen-bond acceptors (Lipinski definition) is 24. The molecule has 6 heterocycles. The molecule has 6 rings (SSSR count). The second-order valence-electron chi connectivity index (χ2n) is 12.5. The van der Waals surface area contributed by atoms with Gasteiger partial charge in [-0.15, -0.1) is 0 Å². The summed E-state index contributed by atoms with van der Waals surface area (Å²) in [5, 5.41) is 43.6. The van der Waals surface area contributed by atoms with Crippen LogP contribution >= 0.6 is 63.8 Å². The minimum absolute atomic E-state index is 0.0493. The van der Waals surface area contributed by atoms with Crippen LogP contribution in [0, 0.1) is 0 Å². The third-order valence-corrected chi connectivity index (χ3v) is 20.5. The van der Waals surface area contributed by atoms with Crippen LogP contribution in [0.4, 0.5) is 11.6 Å². The van der Waals surface area contributed by atoms with E-state index in [1.165, 1.54) is 45.3 Å². The summed E-state index contributed by atoms with van der Waals surface area (Å²) in [5.74, 6) is 1.33.